The van der Waals surface area contributed by atoms with Gasteiger partial charge in [0, 0.05) is 5.69 Å². The molecule has 114 valence electrons. The summed E-state index contributed by atoms with van der Waals surface area (Å²) < 4.78 is 5.00. The van der Waals surface area contributed by atoms with E-state index in [1.165, 1.54) is 28.9 Å². The van der Waals surface area contributed by atoms with Crippen LogP contribution in [0.15, 0.2) is 35.0 Å². The summed E-state index contributed by atoms with van der Waals surface area (Å²) in [6.45, 7) is -0.250. The highest BCUT2D eigenvalue weighted by Crippen LogP contribution is 2.24. The standard InChI is InChI=1S/C17H17NO3S/c19-16(10-21-17(20)8-12-6-7-22-11-12)18-15-5-4-13-2-1-3-14(13)9-15/h4-7,9,11H,1-3,8,10H2,(H,18,19). The van der Waals surface area contributed by atoms with E-state index in [2.05, 4.69) is 11.4 Å². The van der Waals surface area contributed by atoms with Crippen LogP contribution in [0.2, 0.25) is 0 Å². The van der Waals surface area contributed by atoms with Crippen LogP contribution in [-0.4, -0.2) is 18.5 Å². The molecule has 1 amide bonds. The monoisotopic (exact) mass is 315 g/mol. The Bertz CT molecular complexity index is 679. The smallest absolute Gasteiger partial charge is 0.310 e. The lowest BCUT2D eigenvalue weighted by Gasteiger charge is -2.08. The normalized spacial score (nSPS) is 12.7. The number of amides is 1. The average molecular weight is 315 g/mol. The molecular weight excluding hydrogens is 298 g/mol. The van der Waals surface area contributed by atoms with E-state index in [0.717, 1.165) is 24.1 Å². The minimum absolute atomic E-state index is 0.204. The molecule has 1 heterocycles. The number of esters is 1. The number of carbonyl (C=O) groups excluding carboxylic acids is 2. The van der Waals surface area contributed by atoms with Crippen molar-refractivity contribution in [2.75, 3.05) is 11.9 Å². The van der Waals surface area contributed by atoms with E-state index >= 15 is 0 Å². The number of anilines is 1. The number of carbonyl (C=O) groups is 2. The van der Waals surface area contributed by atoms with Gasteiger partial charge in [0.25, 0.3) is 5.91 Å². The molecule has 4 nitrogen and oxygen atoms in total. The minimum atomic E-state index is -0.387. The maximum Gasteiger partial charge on any atom is 0.310 e. The van der Waals surface area contributed by atoms with Crippen LogP contribution in [0, 0.1) is 0 Å². The van der Waals surface area contributed by atoms with Gasteiger partial charge in [0.15, 0.2) is 6.61 Å². The van der Waals surface area contributed by atoms with Gasteiger partial charge in [-0.05, 0) is 64.9 Å². The molecule has 1 aromatic carbocycles. The summed E-state index contributed by atoms with van der Waals surface area (Å²) in [4.78, 5) is 23.5. The van der Waals surface area contributed by atoms with Gasteiger partial charge in [-0.25, -0.2) is 0 Å². The van der Waals surface area contributed by atoms with Crippen LogP contribution >= 0.6 is 11.3 Å². The molecule has 0 bridgehead atoms. The molecule has 1 aliphatic rings. The van der Waals surface area contributed by atoms with Crippen LogP contribution in [0.4, 0.5) is 5.69 Å². The summed E-state index contributed by atoms with van der Waals surface area (Å²) in [5, 5.41) is 6.57. The minimum Gasteiger partial charge on any atom is -0.455 e. The predicted octanol–water partition coefficient (Wildman–Crippen LogP) is 2.96. The van der Waals surface area contributed by atoms with Crippen molar-refractivity contribution in [3.8, 4) is 0 Å². The number of hydrogen-bond donors (Lipinski definition) is 1. The van der Waals surface area contributed by atoms with Crippen molar-refractivity contribution >= 4 is 28.9 Å². The summed E-state index contributed by atoms with van der Waals surface area (Å²) in [6.07, 6.45) is 3.56. The Kier molecular flexibility index (Phi) is 4.53. The van der Waals surface area contributed by atoms with Crippen LogP contribution < -0.4 is 5.32 Å². The van der Waals surface area contributed by atoms with E-state index in [4.69, 9.17) is 4.74 Å². The quantitative estimate of drug-likeness (QED) is 0.863. The molecule has 22 heavy (non-hydrogen) atoms. The zero-order chi connectivity index (χ0) is 15.4. The van der Waals surface area contributed by atoms with E-state index in [-0.39, 0.29) is 24.9 Å². The summed E-state index contributed by atoms with van der Waals surface area (Å²) in [5.74, 6) is -0.695. The van der Waals surface area contributed by atoms with E-state index < -0.39 is 0 Å². The van der Waals surface area contributed by atoms with Gasteiger partial charge in [-0.3, -0.25) is 9.59 Å². The van der Waals surface area contributed by atoms with Gasteiger partial charge in [0.1, 0.15) is 0 Å². The molecule has 1 aromatic heterocycles. The van der Waals surface area contributed by atoms with Gasteiger partial charge >= 0.3 is 5.97 Å². The Balaban J connectivity index is 1.47. The van der Waals surface area contributed by atoms with Crippen molar-refractivity contribution in [1.82, 2.24) is 0 Å². The first-order valence-electron chi connectivity index (χ1n) is 7.29. The highest BCUT2D eigenvalue weighted by Gasteiger charge is 2.13. The fourth-order valence-electron chi connectivity index (χ4n) is 2.60. The third-order valence-electron chi connectivity index (χ3n) is 3.68. The largest absolute Gasteiger partial charge is 0.455 e. The number of aryl methyl sites for hydroxylation is 2. The van der Waals surface area contributed by atoms with Crippen LogP contribution in [0.25, 0.3) is 0 Å². The molecule has 0 radical (unpaired) electrons. The Labute approximate surface area is 133 Å². The van der Waals surface area contributed by atoms with Crippen molar-refractivity contribution in [3.05, 3.63) is 51.7 Å². The molecule has 0 atom stereocenters. The maximum absolute atomic E-state index is 11.8. The van der Waals surface area contributed by atoms with Crippen LogP contribution in [0.5, 0.6) is 0 Å². The maximum atomic E-state index is 11.8. The number of benzene rings is 1. The van der Waals surface area contributed by atoms with Crippen LogP contribution in [0.1, 0.15) is 23.1 Å². The first-order chi connectivity index (χ1) is 10.7. The van der Waals surface area contributed by atoms with Crippen LogP contribution in [0.3, 0.4) is 0 Å². The zero-order valence-electron chi connectivity index (χ0n) is 12.1. The van der Waals surface area contributed by atoms with Crippen molar-refractivity contribution in [1.29, 1.82) is 0 Å². The molecule has 0 saturated heterocycles. The second kappa shape index (κ2) is 6.75. The number of ether oxygens (including phenoxy) is 1. The number of hydrogen-bond acceptors (Lipinski definition) is 4. The second-order valence-electron chi connectivity index (χ2n) is 5.35. The van der Waals surface area contributed by atoms with E-state index in [1.54, 1.807) is 0 Å². The molecule has 2 aromatic rings. The van der Waals surface area contributed by atoms with Crippen molar-refractivity contribution in [2.45, 2.75) is 25.7 Å². The van der Waals surface area contributed by atoms with Gasteiger partial charge in [-0.1, -0.05) is 6.07 Å². The van der Waals surface area contributed by atoms with Gasteiger partial charge in [0.2, 0.25) is 0 Å². The zero-order valence-corrected chi connectivity index (χ0v) is 12.9. The third-order valence-corrected chi connectivity index (χ3v) is 4.41. The summed E-state index contributed by atoms with van der Waals surface area (Å²) in [6, 6.07) is 7.83. The molecule has 0 fully saturated rings. The predicted molar refractivity (Wildman–Crippen MR) is 86.1 cm³/mol. The molecule has 0 aliphatic heterocycles. The Morgan fingerprint density at radius 3 is 2.86 bits per heavy atom. The lowest BCUT2D eigenvalue weighted by Crippen LogP contribution is -2.21. The highest BCUT2D eigenvalue weighted by atomic mass is 32.1. The number of rotatable bonds is 5. The summed E-state index contributed by atoms with van der Waals surface area (Å²) >= 11 is 1.53. The van der Waals surface area contributed by atoms with Crippen LogP contribution in [-0.2, 0) is 33.6 Å². The second-order valence-corrected chi connectivity index (χ2v) is 6.13. The fraction of sp³-hybridized carbons (Fsp3) is 0.294. The van der Waals surface area contributed by atoms with E-state index in [0.29, 0.717) is 0 Å². The van der Waals surface area contributed by atoms with Crippen molar-refractivity contribution in [3.63, 3.8) is 0 Å². The molecule has 1 aliphatic carbocycles. The third kappa shape index (κ3) is 3.74. The fourth-order valence-corrected chi connectivity index (χ4v) is 3.27. The first-order valence-corrected chi connectivity index (χ1v) is 8.23. The molecule has 3 rings (SSSR count). The van der Waals surface area contributed by atoms with Gasteiger partial charge in [0.05, 0.1) is 6.42 Å². The van der Waals surface area contributed by atoms with Crippen molar-refractivity contribution < 1.29 is 14.3 Å². The number of nitrogens with one attached hydrogen (secondary N) is 1. The molecule has 0 unspecified atom stereocenters. The topological polar surface area (TPSA) is 55.4 Å². The summed E-state index contributed by atoms with van der Waals surface area (Å²) in [7, 11) is 0. The first kappa shape index (κ1) is 14.8. The number of thiophene rings is 1. The Hall–Kier alpha value is -2.14. The summed E-state index contributed by atoms with van der Waals surface area (Å²) in [5.41, 5.74) is 4.33. The van der Waals surface area contributed by atoms with Gasteiger partial charge in [-0.2, -0.15) is 11.3 Å². The molecule has 0 saturated carbocycles. The lowest BCUT2D eigenvalue weighted by atomic mass is 10.1. The Morgan fingerprint density at radius 1 is 1.18 bits per heavy atom. The van der Waals surface area contributed by atoms with Gasteiger partial charge < -0.3 is 10.1 Å². The molecule has 1 N–H and O–H groups in total. The molecule has 0 spiro atoms. The average Bonchev–Trinajstić information content (AvgIpc) is 3.15. The molecular formula is C17H17NO3S. The Morgan fingerprint density at radius 2 is 2.05 bits per heavy atom. The van der Waals surface area contributed by atoms with E-state index in [1.807, 2.05) is 29.0 Å². The SMILES string of the molecule is O=C(COC(=O)Cc1ccsc1)Nc1ccc2c(c1)CCC2. The number of fused-ring (bicyclic) bond motifs is 1. The molecule has 5 heteroatoms. The van der Waals surface area contributed by atoms with E-state index in [9.17, 15) is 9.59 Å². The lowest BCUT2D eigenvalue weighted by molar-refractivity contribution is -0.146. The highest BCUT2D eigenvalue weighted by molar-refractivity contribution is 7.07. The van der Waals surface area contributed by atoms with Crippen molar-refractivity contribution in [2.24, 2.45) is 0 Å². The van der Waals surface area contributed by atoms with Gasteiger partial charge in [-0.15, -0.1) is 0 Å².